The molecule has 0 spiro atoms. The van der Waals surface area contributed by atoms with Crippen molar-refractivity contribution < 1.29 is 9.18 Å². The average molecular weight is 468 g/mol. The number of carbonyl (C=O) groups is 1. The van der Waals surface area contributed by atoms with Gasteiger partial charge in [-0.2, -0.15) is 0 Å². The molecule has 0 aliphatic carbocycles. The van der Waals surface area contributed by atoms with Gasteiger partial charge in [-0.3, -0.25) is 0 Å². The summed E-state index contributed by atoms with van der Waals surface area (Å²) < 4.78 is 13.4. The maximum atomic E-state index is 13.4. The number of nitrogens with zero attached hydrogens (tertiary/aromatic N) is 4. The fraction of sp³-hybridized carbons (Fsp3) is 0.320. The number of carbonyl (C=O) groups excluding carboxylic acids is 1. The van der Waals surface area contributed by atoms with E-state index in [0.29, 0.717) is 31.9 Å². The highest BCUT2D eigenvalue weighted by molar-refractivity contribution is 6.31. The molecule has 172 valence electrons. The number of nitrogens with one attached hydrogen (secondary N) is 1. The van der Waals surface area contributed by atoms with Crippen molar-refractivity contribution in [3.05, 3.63) is 82.0 Å². The SMILES string of the molecule is CCc1nc(C)nc(N2CCN(C(=O)Nc3ccc(F)c(Cl)c3)CC2)c1Cc1ccccc1. The number of anilines is 2. The number of urea groups is 1. The molecule has 0 bridgehead atoms. The summed E-state index contributed by atoms with van der Waals surface area (Å²) in [6.07, 6.45) is 1.60. The summed E-state index contributed by atoms with van der Waals surface area (Å²) in [5, 5.41) is 2.78. The van der Waals surface area contributed by atoms with Crippen molar-refractivity contribution in [3.8, 4) is 0 Å². The topological polar surface area (TPSA) is 61.4 Å². The molecular weight excluding hydrogens is 441 g/mol. The van der Waals surface area contributed by atoms with Gasteiger partial charge in [-0.1, -0.05) is 48.9 Å². The molecule has 0 unspecified atom stereocenters. The van der Waals surface area contributed by atoms with Crippen LogP contribution in [0.4, 0.5) is 20.7 Å². The van der Waals surface area contributed by atoms with E-state index in [1.807, 2.05) is 25.1 Å². The van der Waals surface area contributed by atoms with Crippen LogP contribution in [-0.4, -0.2) is 47.1 Å². The maximum absolute atomic E-state index is 13.4. The number of benzene rings is 2. The molecule has 1 aromatic heterocycles. The minimum absolute atomic E-state index is 0.0191. The van der Waals surface area contributed by atoms with Crippen molar-refractivity contribution >= 4 is 29.1 Å². The maximum Gasteiger partial charge on any atom is 0.321 e. The van der Waals surface area contributed by atoms with E-state index in [1.54, 1.807) is 4.90 Å². The lowest BCUT2D eigenvalue weighted by Crippen LogP contribution is -2.50. The molecule has 1 aliphatic heterocycles. The molecule has 4 rings (SSSR count). The van der Waals surface area contributed by atoms with Crippen LogP contribution in [0.2, 0.25) is 5.02 Å². The van der Waals surface area contributed by atoms with Crippen molar-refractivity contribution in [2.45, 2.75) is 26.7 Å². The summed E-state index contributed by atoms with van der Waals surface area (Å²) in [4.78, 5) is 26.2. The molecule has 6 nitrogen and oxygen atoms in total. The Kier molecular flexibility index (Phi) is 7.08. The molecular formula is C25H27ClFN5O. The van der Waals surface area contributed by atoms with Crippen LogP contribution in [0.5, 0.6) is 0 Å². The van der Waals surface area contributed by atoms with E-state index in [1.165, 1.54) is 23.8 Å². The zero-order valence-corrected chi connectivity index (χ0v) is 19.6. The van der Waals surface area contributed by atoms with Gasteiger partial charge < -0.3 is 15.1 Å². The lowest BCUT2D eigenvalue weighted by molar-refractivity contribution is 0.208. The molecule has 2 heterocycles. The number of hydrogen-bond donors (Lipinski definition) is 1. The Morgan fingerprint density at radius 1 is 1.09 bits per heavy atom. The normalized spacial score (nSPS) is 13.8. The zero-order valence-electron chi connectivity index (χ0n) is 18.8. The molecule has 1 fully saturated rings. The van der Waals surface area contributed by atoms with Crippen LogP contribution in [-0.2, 0) is 12.8 Å². The largest absolute Gasteiger partial charge is 0.353 e. The second-order valence-electron chi connectivity index (χ2n) is 8.07. The summed E-state index contributed by atoms with van der Waals surface area (Å²) in [5.41, 5.74) is 3.90. The fourth-order valence-electron chi connectivity index (χ4n) is 4.07. The molecule has 0 radical (unpaired) electrons. The number of aromatic nitrogens is 2. The van der Waals surface area contributed by atoms with E-state index < -0.39 is 5.82 Å². The van der Waals surface area contributed by atoms with E-state index in [4.69, 9.17) is 21.6 Å². The van der Waals surface area contributed by atoms with Gasteiger partial charge in [0.25, 0.3) is 0 Å². The number of piperazine rings is 1. The lowest BCUT2D eigenvalue weighted by atomic mass is 10.0. The summed E-state index contributed by atoms with van der Waals surface area (Å²) in [6.45, 7) is 6.47. The van der Waals surface area contributed by atoms with Crippen LogP contribution < -0.4 is 10.2 Å². The highest BCUT2D eigenvalue weighted by Crippen LogP contribution is 2.26. The predicted molar refractivity (Wildman–Crippen MR) is 130 cm³/mol. The van der Waals surface area contributed by atoms with E-state index in [2.05, 4.69) is 29.3 Å². The second-order valence-corrected chi connectivity index (χ2v) is 8.48. The van der Waals surface area contributed by atoms with Gasteiger partial charge in [0.2, 0.25) is 0 Å². The first kappa shape index (κ1) is 23.0. The lowest BCUT2D eigenvalue weighted by Gasteiger charge is -2.36. The Labute approximate surface area is 198 Å². The quantitative estimate of drug-likeness (QED) is 0.568. The third-order valence-corrected chi connectivity index (χ3v) is 6.07. The molecule has 1 N–H and O–H groups in total. The van der Waals surface area contributed by atoms with Gasteiger partial charge in [-0.25, -0.2) is 19.2 Å². The molecule has 0 atom stereocenters. The highest BCUT2D eigenvalue weighted by atomic mass is 35.5. The van der Waals surface area contributed by atoms with Crippen LogP contribution >= 0.6 is 11.6 Å². The first-order valence-corrected chi connectivity index (χ1v) is 11.5. The molecule has 33 heavy (non-hydrogen) atoms. The minimum atomic E-state index is -0.513. The molecule has 3 aromatic rings. The fourth-order valence-corrected chi connectivity index (χ4v) is 4.25. The van der Waals surface area contributed by atoms with Crippen LogP contribution in [0.15, 0.2) is 48.5 Å². The minimum Gasteiger partial charge on any atom is -0.353 e. The molecule has 1 saturated heterocycles. The van der Waals surface area contributed by atoms with Crippen LogP contribution in [0.1, 0.15) is 29.6 Å². The van der Waals surface area contributed by atoms with Gasteiger partial charge in [-0.15, -0.1) is 0 Å². The van der Waals surface area contributed by atoms with Gasteiger partial charge in [0.15, 0.2) is 0 Å². The van der Waals surface area contributed by atoms with Gasteiger partial charge in [0.1, 0.15) is 17.5 Å². The first-order valence-electron chi connectivity index (χ1n) is 11.1. The van der Waals surface area contributed by atoms with Gasteiger partial charge >= 0.3 is 6.03 Å². The van der Waals surface area contributed by atoms with Gasteiger partial charge in [-0.05, 0) is 37.1 Å². The van der Waals surface area contributed by atoms with Gasteiger partial charge in [0.05, 0.1) is 5.02 Å². The summed E-state index contributed by atoms with van der Waals surface area (Å²) in [5.74, 6) is 1.20. The van der Waals surface area contributed by atoms with E-state index in [0.717, 1.165) is 35.7 Å². The first-order chi connectivity index (χ1) is 15.9. The van der Waals surface area contributed by atoms with Crippen LogP contribution in [0, 0.1) is 12.7 Å². The molecule has 8 heteroatoms. The third-order valence-electron chi connectivity index (χ3n) is 5.78. The van der Waals surface area contributed by atoms with Crippen molar-refractivity contribution in [2.75, 3.05) is 36.4 Å². The summed E-state index contributed by atoms with van der Waals surface area (Å²) in [7, 11) is 0. The standard InChI is InChI=1S/C25H27ClFN5O/c1-3-23-20(15-18-7-5-4-6-8-18)24(29-17(2)28-23)31-11-13-32(14-12-31)25(33)30-19-9-10-22(27)21(26)16-19/h4-10,16H,3,11-15H2,1-2H3,(H,30,33). The van der Waals surface area contributed by atoms with Crippen molar-refractivity contribution in [1.29, 1.82) is 0 Å². The Morgan fingerprint density at radius 2 is 1.82 bits per heavy atom. The second kappa shape index (κ2) is 10.2. The van der Waals surface area contributed by atoms with Crippen molar-refractivity contribution in [3.63, 3.8) is 0 Å². The molecule has 2 aromatic carbocycles. The molecule has 1 aliphatic rings. The monoisotopic (exact) mass is 467 g/mol. The predicted octanol–water partition coefficient (Wildman–Crippen LogP) is 5.08. The van der Waals surface area contributed by atoms with E-state index in [-0.39, 0.29) is 11.1 Å². The Morgan fingerprint density at radius 3 is 2.48 bits per heavy atom. The van der Waals surface area contributed by atoms with Gasteiger partial charge in [0, 0.05) is 49.5 Å². The van der Waals surface area contributed by atoms with Crippen LogP contribution in [0.25, 0.3) is 0 Å². The number of amides is 2. The molecule has 2 amide bonds. The molecule has 0 saturated carbocycles. The Bertz CT molecular complexity index is 1130. The van der Waals surface area contributed by atoms with Crippen molar-refractivity contribution in [1.82, 2.24) is 14.9 Å². The number of aryl methyl sites for hydroxylation is 2. The summed E-state index contributed by atoms with van der Waals surface area (Å²) >= 11 is 5.82. The van der Waals surface area contributed by atoms with Crippen LogP contribution in [0.3, 0.4) is 0 Å². The highest BCUT2D eigenvalue weighted by Gasteiger charge is 2.25. The van der Waals surface area contributed by atoms with E-state index in [9.17, 15) is 9.18 Å². The third kappa shape index (κ3) is 5.42. The summed E-state index contributed by atoms with van der Waals surface area (Å²) in [6, 6.07) is 14.3. The van der Waals surface area contributed by atoms with E-state index >= 15 is 0 Å². The average Bonchev–Trinajstić information content (AvgIpc) is 2.83. The number of rotatable bonds is 5. The smallest absolute Gasteiger partial charge is 0.321 e. The van der Waals surface area contributed by atoms with Crippen molar-refractivity contribution in [2.24, 2.45) is 0 Å². The number of halogens is 2. The Balaban J connectivity index is 1.48. The Hall–Kier alpha value is -3.19. The zero-order chi connectivity index (χ0) is 23.4. The number of hydrogen-bond acceptors (Lipinski definition) is 4.